The van der Waals surface area contributed by atoms with Crippen LogP contribution in [0.25, 0.3) is 0 Å². The average molecular weight is 259 g/mol. The maximum absolute atomic E-state index is 13.5. The molecule has 1 aromatic rings. The molecule has 2 nitrogen and oxygen atoms in total. The summed E-state index contributed by atoms with van der Waals surface area (Å²) in [7, 11) is 0. The maximum Gasteiger partial charge on any atom is 0.161 e. The molecule has 0 aliphatic carbocycles. The largest absolute Gasteiger partial charge is 0.331 e. The normalized spacial score (nSPS) is 18.4. The highest BCUT2D eigenvalue weighted by Gasteiger charge is 2.26. The van der Waals surface area contributed by atoms with E-state index in [9.17, 15) is 4.39 Å². The maximum atomic E-state index is 13.5. The molecule has 2 rings (SSSR count). The van der Waals surface area contributed by atoms with Crippen LogP contribution in [0, 0.1) is 5.82 Å². The van der Waals surface area contributed by atoms with Gasteiger partial charge in [0.2, 0.25) is 0 Å². The van der Waals surface area contributed by atoms with Crippen LogP contribution in [0.1, 0.15) is 13.8 Å². The Morgan fingerprint density at radius 3 is 2.81 bits per heavy atom. The van der Waals surface area contributed by atoms with Crippen molar-refractivity contribution < 1.29 is 4.39 Å². The second kappa shape index (κ2) is 4.26. The topological polar surface area (TPSA) is 24.4 Å². The molecule has 1 aliphatic rings. The third-order valence-electron chi connectivity index (χ3n) is 2.16. The SMILES string of the molecule is CC1(C)CSC(Nc2c(F)cccc2Cl)=N1. The van der Waals surface area contributed by atoms with Gasteiger partial charge in [0.05, 0.1) is 16.2 Å². The average Bonchev–Trinajstić information content (AvgIpc) is 2.52. The minimum Gasteiger partial charge on any atom is -0.331 e. The molecule has 0 unspecified atom stereocenters. The van der Waals surface area contributed by atoms with Gasteiger partial charge in [-0.05, 0) is 26.0 Å². The quantitative estimate of drug-likeness (QED) is 0.829. The zero-order valence-electron chi connectivity index (χ0n) is 9.05. The van der Waals surface area contributed by atoms with Gasteiger partial charge in [-0.1, -0.05) is 29.4 Å². The van der Waals surface area contributed by atoms with Crippen molar-refractivity contribution in [2.45, 2.75) is 19.4 Å². The number of nitrogens with zero attached hydrogens (tertiary/aromatic N) is 1. The number of para-hydroxylation sites is 1. The lowest BCUT2D eigenvalue weighted by Gasteiger charge is -2.10. The van der Waals surface area contributed by atoms with Crippen molar-refractivity contribution in [3.05, 3.63) is 29.0 Å². The summed E-state index contributed by atoms with van der Waals surface area (Å²) < 4.78 is 13.5. The number of aliphatic imine (C=N–C) groups is 1. The molecule has 86 valence electrons. The van der Waals surface area contributed by atoms with Gasteiger partial charge >= 0.3 is 0 Å². The van der Waals surface area contributed by atoms with E-state index in [0.29, 0.717) is 10.7 Å². The van der Waals surface area contributed by atoms with Gasteiger partial charge in [-0.3, -0.25) is 4.99 Å². The molecule has 0 atom stereocenters. The zero-order chi connectivity index (χ0) is 11.8. The first-order valence-electron chi connectivity index (χ1n) is 4.92. The number of hydrogen-bond donors (Lipinski definition) is 1. The fourth-order valence-electron chi connectivity index (χ4n) is 1.37. The molecular weight excluding hydrogens is 247 g/mol. The predicted octanol–water partition coefficient (Wildman–Crippen LogP) is 3.77. The lowest BCUT2D eigenvalue weighted by molar-refractivity contribution is 0.604. The monoisotopic (exact) mass is 258 g/mol. The van der Waals surface area contributed by atoms with Crippen LogP contribution in [-0.2, 0) is 0 Å². The van der Waals surface area contributed by atoms with E-state index in [1.165, 1.54) is 6.07 Å². The Bertz CT molecular complexity index is 425. The van der Waals surface area contributed by atoms with Gasteiger partial charge in [-0.15, -0.1) is 0 Å². The lowest BCUT2D eigenvalue weighted by atomic mass is 10.1. The number of hydrogen-bond acceptors (Lipinski definition) is 3. The number of rotatable bonds is 1. The summed E-state index contributed by atoms with van der Waals surface area (Å²) in [4.78, 5) is 4.44. The molecule has 0 aromatic heterocycles. The lowest BCUT2D eigenvalue weighted by Crippen LogP contribution is -2.15. The molecule has 0 amide bonds. The van der Waals surface area contributed by atoms with E-state index in [2.05, 4.69) is 10.3 Å². The Kier molecular flexibility index (Phi) is 3.13. The van der Waals surface area contributed by atoms with Gasteiger partial charge in [-0.25, -0.2) is 4.39 Å². The van der Waals surface area contributed by atoms with Crippen LogP contribution < -0.4 is 5.32 Å². The number of amidine groups is 1. The van der Waals surface area contributed by atoms with Crippen LogP contribution in [0.2, 0.25) is 5.02 Å². The summed E-state index contributed by atoms with van der Waals surface area (Å²) in [5, 5.41) is 4.03. The minimum atomic E-state index is -0.361. The first kappa shape index (κ1) is 11.7. The molecule has 0 saturated carbocycles. The van der Waals surface area contributed by atoms with Crippen molar-refractivity contribution >= 4 is 34.2 Å². The van der Waals surface area contributed by atoms with Crippen LogP contribution in [0.15, 0.2) is 23.2 Å². The molecule has 1 aromatic carbocycles. The van der Waals surface area contributed by atoms with Crippen LogP contribution in [0.5, 0.6) is 0 Å². The third kappa shape index (κ3) is 2.50. The highest BCUT2D eigenvalue weighted by Crippen LogP contribution is 2.31. The molecule has 0 radical (unpaired) electrons. The first-order chi connectivity index (χ1) is 7.48. The van der Waals surface area contributed by atoms with Gasteiger partial charge in [0.15, 0.2) is 5.17 Å². The van der Waals surface area contributed by atoms with Gasteiger partial charge in [-0.2, -0.15) is 0 Å². The molecule has 1 aliphatic heterocycles. The standard InChI is InChI=1S/C11H12ClFN2S/c1-11(2)6-16-10(15-11)14-9-7(12)4-3-5-8(9)13/h3-5H,6H2,1-2H3,(H,14,15). The fourth-order valence-corrected chi connectivity index (χ4v) is 2.62. The number of benzene rings is 1. The molecule has 1 N–H and O–H groups in total. The predicted molar refractivity (Wildman–Crippen MR) is 69.0 cm³/mol. The van der Waals surface area contributed by atoms with Crippen molar-refractivity contribution in [1.82, 2.24) is 0 Å². The van der Waals surface area contributed by atoms with E-state index in [1.807, 2.05) is 13.8 Å². The van der Waals surface area contributed by atoms with Gasteiger partial charge in [0.25, 0.3) is 0 Å². The van der Waals surface area contributed by atoms with Crippen LogP contribution in [0.3, 0.4) is 0 Å². The van der Waals surface area contributed by atoms with E-state index < -0.39 is 0 Å². The van der Waals surface area contributed by atoms with Gasteiger partial charge in [0, 0.05) is 5.75 Å². The minimum absolute atomic E-state index is 0.0925. The second-order valence-electron chi connectivity index (χ2n) is 4.24. The fraction of sp³-hybridized carbons (Fsp3) is 0.364. The van der Waals surface area contributed by atoms with Crippen molar-refractivity contribution in [3.63, 3.8) is 0 Å². The molecular formula is C11H12ClFN2S. The number of thioether (sulfide) groups is 1. The molecule has 0 bridgehead atoms. The molecule has 1 heterocycles. The Morgan fingerprint density at radius 1 is 1.50 bits per heavy atom. The highest BCUT2D eigenvalue weighted by atomic mass is 35.5. The Labute approximate surface area is 103 Å². The van der Waals surface area contributed by atoms with E-state index in [0.717, 1.165) is 10.9 Å². The number of nitrogens with one attached hydrogen (secondary N) is 1. The molecule has 0 saturated heterocycles. The molecule has 5 heteroatoms. The Hall–Kier alpha value is -0.740. The number of anilines is 1. The Balaban J connectivity index is 2.23. The van der Waals surface area contributed by atoms with Crippen molar-refractivity contribution in [2.24, 2.45) is 4.99 Å². The molecule has 16 heavy (non-hydrogen) atoms. The van der Waals surface area contributed by atoms with Crippen molar-refractivity contribution in [1.29, 1.82) is 0 Å². The number of halogens is 2. The summed E-state index contributed by atoms with van der Waals surface area (Å²) in [6, 6.07) is 4.61. The molecule has 0 fully saturated rings. The summed E-state index contributed by atoms with van der Waals surface area (Å²) in [5.41, 5.74) is 0.207. The van der Waals surface area contributed by atoms with Crippen LogP contribution in [0.4, 0.5) is 10.1 Å². The van der Waals surface area contributed by atoms with E-state index in [-0.39, 0.29) is 11.4 Å². The van der Waals surface area contributed by atoms with E-state index in [1.54, 1.807) is 23.9 Å². The van der Waals surface area contributed by atoms with Crippen LogP contribution in [-0.4, -0.2) is 16.5 Å². The smallest absolute Gasteiger partial charge is 0.161 e. The summed E-state index contributed by atoms with van der Waals surface area (Å²) in [5.74, 6) is 0.530. The third-order valence-corrected chi connectivity index (χ3v) is 3.79. The van der Waals surface area contributed by atoms with Crippen LogP contribution >= 0.6 is 23.4 Å². The van der Waals surface area contributed by atoms with Crippen molar-refractivity contribution in [3.8, 4) is 0 Å². The zero-order valence-corrected chi connectivity index (χ0v) is 10.6. The van der Waals surface area contributed by atoms with E-state index in [4.69, 9.17) is 11.6 Å². The summed E-state index contributed by atoms with van der Waals surface area (Å²) in [6.45, 7) is 4.08. The summed E-state index contributed by atoms with van der Waals surface area (Å²) >= 11 is 7.49. The van der Waals surface area contributed by atoms with Crippen molar-refractivity contribution in [2.75, 3.05) is 11.1 Å². The van der Waals surface area contributed by atoms with Gasteiger partial charge < -0.3 is 5.32 Å². The second-order valence-corrected chi connectivity index (χ2v) is 5.61. The van der Waals surface area contributed by atoms with Gasteiger partial charge in [0.1, 0.15) is 5.82 Å². The first-order valence-corrected chi connectivity index (χ1v) is 6.28. The molecule has 0 spiro atoms. The van der Waals surface area contributed by atoms with E-state index >= 15 is 0 Å². The highest BCUT2D eigenvalue weighted by molar-refractivity contribution is 8.14. The Morgan fingerprint density at radius 2 is 2.25 bits per heavy atom. The summed E-state index contributed by atoms with van der Waals surface area (Å²) in [6.07, 6.45) is 0.